The van der Waals surface area contributed by atoms with Gasteiger partial charge in [0, 0.05) is 12.8 Å². The van der Waals surface area contributed by atoms with Gasteiger partial charge in [-0.1, -0.05) is 146 Å². The lowest BCUT2D eigenvalue weighted by Crippen LogP contribution is -2.37. The quantitative estimate of drug-likeness (QED) is 0.0202. The third kappa shape index (κ3) is 39.5. The van der Waals surface area contributed by atoms with Crippen molar-refractivity contribution in [2.75, 3.05) is 47.5 Å². The van der Waals surface area contributed by atoms with Crippen LogP contribution in [0.3, 0.4) is 0 Å². The van der Waals surface area contributed by atoms with E-state index in [2.05, 4.69) is 62.5 Å². The van der Waals surface area contributed by atoms with Crippen LogP contribution in [0.15, 0.2) is 48.6 Å². The molecule has 1 unspecified atom stereocenters. The van der Waals surface area contributed by atoms with Crippen LogP contribution in [0.4, 0.5) is 0 Å². The zero-order chi connectivity index (χ0) is 39.3. The number of hydrogen-bond donors (Lipinski definition) is 0. The second-order valence-electron chi connectivity index (χ2n) is 15.0. The van der Waals surface area contributed by atoms with E-state index in [4.69, 9.17) is 18.5 Å². The van der Waals surface area contributed by atoms with Crippen molar-refractivity contribution in [2.45, 2.75) is 168 Å². The molecular formula is C43H78NO8P. The van der Waals surface area contributed by atoms with Gasteiger partial charge in [-0.3, -0.25) is 14.2 Å². The molecule has 0 fully saturated rings. The summed E-state index contributed by atoms with van der Waals surface area (Å²) in [7, 11) is 1.13. The van der Waals surface area contributed by atoms with Crippen LogP contribution in [0.5, 0.6) is 0 Å². The van der Waals surface area contributed by atoms with Gasteiger partial charge in [-0.05, 0) is 51.4 Å². The van der Waals surface area contributed by atoms with Crippen LogP contribution in [-0.4, -0.2) is 70.0 Å². The zero-order valence-corrected chi connectivity index (χ0v) is 35.3. The Kier molecular flexibility index (Phi) is 34.3. The Bertz CT molecular complexity index is 1050. The van der Waals surface area contributed by atoms with Crippen LogP contribution in [0.25, 0.3) is 0 Å². The van der Waals surface area contributed by atoms with Crippen molar-refractivity contribution in [2.24, 2.45) is 0 Å². The van der Waals surface area contributed by atoms with Gasteiger partial charge in [0.15, 0.2) is 6.10 Å². The van der Waals surface area contributed by atoms with Crippen molar-refractivity contribution in [3.05, 3.63) is 48.6 Å². The summed E-state index contributed by atoms with van der Waals surface area (Å²) in [5.74, 6) is -0.907. The van der Waals surface area contributed by atoms with E-state index in [0.717, 1.165) is 44.9 Å². The molecule has 0 aliphatic carbocycles. The third-order valence-corrected chi connectivity index (χ3v) is 9.57. The number of ether oxygens (including phenoxy) is 2. The Labute approximate surface area is 324 Å². The lowest BCUT2D eigenvalue weighted by molar-refractivity contribution is -0.870. The average molecular weight is 768 g/mol. The molecule has 0 aromatic carbocycles. The molecule has 10 heteroatoms. The maximum Gasteiger partial charge on any atom is 0.306 e. The number of nitrogens with zero attached hydrogens (tertiary/aromatic N) is 1. The number of phosphoric acid groups is 1. The largest absolute Gasteiger partial charge is 0.756 e. The fraction of sp³-hybridized carbons (Fsp3) is 0.767. The molecule has 0 aromatic rings. The predicted molar refractivity (Wildman–Crippen MR) is 217 cm³/mol. The zero-order valence-electron chi connectivity index (χ0n) is 34.4. The maximum absolute atomic E-state index is 12.5. The molecule has 0 rings (SSSR count). The summed E-state index contributed by atoms with van der Waals surface area (Å²) < 4.78 is 33.6. The van der Waals surface area contributed by atoms with E-state index < -0.39 is 32.5 Å². The Balaban J connectivity index is 4.38. The summed E-state index contributed by atoms with van der Waals surface area (Å²) >= 11 is 0. The third-order valence-electron chi connectivity index (χ3n) is 8.60. The van der Waals surface area contributed by atoms with E-state index in [9.17, 15) is 19.0 Å². The Morgan fingerprint density at radius 3 is 1.57 bits per heavy atom. The van der Waals surface area contributed by atoms with Crippen molar-refractivity contribution < 1.29 is 42.1 Å². The van der Waals surface area contributed by atoms with E-state index in [1.54, 1.807) is 0 Å². The number of carbonyl (C=O) groups is 2. The molecule has 0 aliphatic heterocycles. The van der Waals surface area contributed by atoms with Crippen LogP contribution in [0.1, 0.15) is 162 Å². The fourth-order valence-corrected chi connectivity index (χ4v) is 6.02. The molecule has 53 heavy (non-hydrogen) atoms. The molecule has 0 aliphatic rings. The topological polar surface area (TPSA) is 111 Å². The first-order chi connectivity index (χ1) is 25.5. The summed E-state index contributed by atoms with van der Waals surface area (Å²) in [5, 5.41) is 0. The molecule has 0 amide bonds. The van der Waals surface area contributed by atoms with Crippen LogP contribution in [0.2, 0.25) is 0 Å². The number of phosphoric ester groups is 1. The molecular weight excluding hydrogens is 689 g/mol. The van der Waals surface area contributed by atoms with E-state index in [0.29, 0.717) is 23.9 Å². The molecule has 308 valence electrons. The Hall–Kier alpha value is -2.03. The minimum atomic E-state index is -4.63. The van der Waals surface area contributed by atoms with Crippen molar-refractivity contribution in [1.82, 2.24) is 0 Å². The number of rotatable bonds is 37. The highest BCUT2D eigenvalue weighted by molar-refractivity contribution is 7.45. The van der Waals surface area contributed by atoms with Gasteiger partial charge in [0.2, 0.25) is 0 Å². The van der Waals surface area contributed by atoms with Gasteiger partial charge in [-0.2, -0.15) is 0 Å². The molecule has 0 N–H and O–H groups in total. The molecule has 9 nitrogen and oxygen atoms in total. The molecule has 0 saturated carbocycles. The van der Waals surface area contributed by atoms with Gasteiger partial charge in [-0.15, -0.1) is 0 Å². The SMILES string of the molecule is CCCCCCCCC/C=C/C/C=C/C/C=C/C/C=C/CCCC(=O)OC[C@@H](COP(=O)([O-])OCC[N+](C)(C)C)OC(=O)CCCCCCCCCC. The summed E-state index contributed by atoms with van der Waals surface area (Å²) in [6.07, 6.45) is 40.2. The van der Waals surface area contributed by atoms with Crippen molar-refractivity contribution in [3.63, 3.8) is 0 Å². The van der Waals surface area contributed by atoms with Crippen molar-refractivity contribution >= 4 is 19.8 Å². The first-order valence-corrected chi connectivity index (χ1v) is 22.3. The van der Waals surface area contributed by atoms with Crippen molar-refractivity contribution in [1.29, 1.82) is 0 Å². The standard InChI is InChI=1S/C43H78NO8P/c1-6-8-10-12-14-16-17-18-19-20-21-22-23-24-25-26-27-28-30-31-33-35-42(45)49-39-41(40-51-53(47,48)50-38-37-44(3,4)5)52-43(46)36-34-32-29-15-13-11-9-7-2/h19-20,22-23,25-26,28,30,41H,6-18,21,24,27,29,31-40H2,1-5H3/b20-19+,23-22+,26-25+,30-28+/t41-/m0/s1. The summed E-state index contributed by atoms with van der Waals surface area (Å²) in [6, 6.07) is 0. The molecule has 0 radical (unpaired) electrons. The van der Waals surface area contributed by atoms with Gasteiger partial charge in [0.05, 0.1) is 27.7 Å². The number of hydrogen-bond acceptors (Lipinski definition) is 8. The van der Waals surface area contributed by atoms with Gasteiger partial charge in [0.1, 0.15) is 19.8 Å². The molecule has 0 aromatic heterocycles. The van der Waals surface area contributed by atoms with Crippen LogP contribution in [0, 0.1) is 0 Å². The number of carbonyl (C=O) groups excluding carboxylic acids is 2. The maximum atomic E-state index is 12.5. The lowest BCUT2D eigenvalue weighted by atomic mass is 10.1. The van der Waals surface area contributed by atoms with Crippen LogP contribution < -0.4 is 4.89 Å². The highest BCUT2D eigenvalue weighted by Gasteiger charge is 2.21. The Morgan fingerprint density at radius 2 is 1.04 bits per heavy atom. The van der Waals surface area contributed by atoms with Gasteiger partial charge in [0.25, 0.3) is 7.82 Å². The molecule has 0 spiro atoms. The monoisotopic (exact) mass is 768 g/mol. The lowest BCUT2D eigenvalue weighted by Gasteiger charge is -2.28. The molecule has 0 bridgehead atoms. The minimum absolute atomic E-state index is 0.0399. The summed E-state index contributed by atoms with van der Waals surface area (Å²) in [5.41, 5.74) is 0. The molecule has 0 heterocycles. The van der Waals surface area contributed by atoms with E-state index >= 15 is 0 Å². The first kappa shape index (κ1) is 51.0. The van der Waals surface area contributed by atoms with E-state index in [1.165, 1.54) is 77.0 Å². The van der Waals surface area contributed by atoms with Gasteiger partial charge < -0.3 is 27.9 Å². The number of unbranched alkanes of at least 4 members (excludes halogenated alkanes) is 15. The number of likely N-dealkylation sites (N-methyl/N-ethyl adjacent to an activating group) is 1. The van der Waals surface area contributed by atoms with Crippen molar-refractivity contribution in [3.8, 4) is 0 Å². The number of esters is 2. The second-order valence-corrected chi connectivity index (χ2v) is 16.4. The molecule has 2 atom stereocenters. The fourth-order valence-electron chi connectivity index (χ4n) is 5.29. The Morgan fingerprint density at radius 1 is 0.585 bits per heavy atom. The second kappa shape index (κ2) is 35.7. The first-order valence-electron chi connectivity index (χ1n) is 20.8. The van der Waals surface area contributed by atoms with Crippen LogP contribution in [-0.2, 0) is 32.7 Å². The van der Waals surface area contributed by atoms with Crippen LogP contribution >= 0.6 is 7.82 Å². The van der Waals surface area contributed by atoms with E-state index in [-0.39, 0.29) is 26.1 Å². The van der Waals surface area contributed by atoms with Gasteiger partial charge in [-0.25, -0.2) is 0 Å². The smallest absolute Gasteiger partial charge is 0.306 e. The normalized spacial score (nSPS) is 14.2. The average Bonchev–Trinajstić information content (AvgIpc) is 3.10. The number of quaternary nitrogens is 1. The molecule has 0 saturated heterocycles. The predicted octanol–water partition coefficient (Wildman–Crippen LogP) is 10.9. The highest BCUT2D eigenvalue weighted by atomic mass is 31.2. The van der Waals surface area contributed by atoms with E-state index in [1.807, 2.05) is 21.1 Å². The highest BCUT2D eigenvalue weighted by Crippen LogP contribution is 2.38. The minimum Gasteiger partial charge on any atom is -0.756 e. The number of allylic oxidation sites excluding steroid dienone is 8. The summed E-state index contributed by atoms with van der Waals surface area (Å²) in [6.45, 7) is 4.11. The van der Waals surface area contributed by atoms with Gasteiger partial charge >= 0.3 is 11.9 Å². The summed E-state index contributed by atoms with van der Waals surface area (Å²) in [4.78, 5) is 37.3.